The van der Waals surface area contributed by atoms with Crippen molar-refractivity contribution in [3.05, 3.63) is 47.7 Å². The molecule has 0 spiro atoms. The summed E-state index contributed by atoms with van der Waals surface area (Å²) in [6.45, 7) is 6.01. The second-order valence-electron chi connectivity index (χ2n) is 5.48. The highest BCUT2D eigenvalue weighted by Crippen LogP contribution is 2.21. The first-order valence-electron chi connectivity index (χ1n) is 7.43. The minimum Gasteiger partial charge on any atom is -0.481 e. The molecule has 1 amide bonds. The summed E-state index contributed by atoms with van der Waals surface area (Å²) in [4.78, 5) is 16.4. The number of amides is 1. The molecule has 1 aromatic heterocycles. The number of hydrogen-bond donors (Lipinski definition) is 1. The average molecular weight is 312 g/mol. The van der Waals surface area contributed by atoms with Gasteiger partial charge in [-0.25, -0.2) is 4.98 Å². The third-order valence-corrected chi connectivity index (χ3v) is 3.36. The van der Waals surface area contributed by atoms with E-state index < -0.39 is 0 Å². The number of hydrogen-bond acceptors (Lipinski definition) is 4. The molecule has 120 valence electrons. The molecular weight excluding hydrogens is 292 g/mol. The molecule has 0 radical (unpaired) electrons. The zero-order valence-electron chi connectivity index (χ0n) is 13.5. The number of ether oxygens (including phenoxy) is 1. The van der Waals surface area contributed by atoms with Gasteiger partial charge in [0.15, 0.2) is 12.1 Å². The average Bonchev–Trinajstić information content (AvgIpc) is 3.03. The summed E-state index contributed by atoms with van der Waals surface area (Å²) < 4.78 is 10.7. The highest BCUT2D eigenvalue weighted by atomic mass is 16.5. The normalized spacial score (nSPS) is 11.8. The van der Waals surface area contributed by atoms with Crippen LogP contribution >= 0.6 is 0 Å². The van der Waals surface area contributed by atoms with E-state index >= 15 is 0 Å². The van der Waals surface area contributed by atoms with Gasteiger partial charge in [-0.2, -0.15) is 0 Å². The molecule has 5 nitrogen and oxygen atoms in total. The van der Waals surface area contributed by atoms with Crippen molar-refractivity contribution in [2.45, 2.75) is 32.7 Å². The summed E-state index contributed by atoms with van der Waals surface area (Å²) in [6, 6.07) is 7.26. The van der Waals surface area contributed by atoms with Crippen LogP contribution in [0.15, 0.2) is 35.1 Å². The second-order valence-corrected chi connectivity index (χ2v) is 5.48. The number of carbonyl (C=O) groups excluding carboxylic acids is 1. The van der Waals surface area contributed by atoms with Crippen LogP contribution in [0, 0.1) is 12.3 Å². The molecule has 2 aromatic rings. The van der Waals surface area contributed by atoms with Crippen molar-refractivity contribution >= 4 is 5.91 Å². The van der Waals surface area contributed by atoms with Crippen LogP contribution in [-0.4, -0.2) is 17.5 Å². The first kappa shape index (κ1) is 16.6. The Morgan fingerprint density at radius 2 is 2.22 bits per heavy atom. The zero-order chi connectivity index (χ0) is 16.8. The van der Waals surface area contributed by atoms with Gasteiger partial charge in [0, 0.05) is 5.92 Å². The predicted molar refractivity (Wildman–Crippen MR) is 87.2 cm³/mol. The first-order chi connectivity index (χ1) is 11.0. The van der Waals surface area contributed by atoms with E-state index in [9.17, 15) is 4.79 Å². The number of oxazole rings is 1. The van der Waals surface area contributed by atoms with Gasteiger partial charge in [-0.3, -0.25) is 4.79 Å². The molecule has 5 heteroatoms. The smallest absolute Gasteiger partial charge is 0.274 e. The van der Waals surface area contributed by atoms with Gasteiger partial charge < -0.3 is 14.5 Å². The van der Waals surface area contributed by atoms with E-state index in [4.69, 9.17) is 15.6 Å². The summed E-state index contributed by atoms with van der Waals surface area (Å²) in [6.07, 6.45) is 6.48. The SMILES string of the molecule is C#CCOc1cccc(C(C)NC(=O)c2ncoc2C(C)C)c1. The summed E-state index contributed by atoms with van der Waals surface area (Å²) in [5, 5.41) is 2.92. The summed E-state index contributed by atoms with van der Waals surface area (Å²) in [5.74, 6) is 3.51. The summed E-state index contributed by atoms with van der Waals surface area (Å²) in [5.41, 5.74) is 1.24. The monoisotopic (exact) mass is 312 g/mol. The number of nitrogens with one attached hydrogen (secondary N) is 1. The van der Waals surface area contributed by atoms with Gasteiger partial charge in [-0.15, -0.1) is 6.42 Å². The van der Waals surface area contributed by atoms with Crippen molar-refractivity contribution < 1.29 is 13.9 Å². The highest BCUT2D eigenvalue weighted by molar-refractivity contribution is 5.93. The van der Waals surface area contributed by atoms with E-state index in [1.807, 2.05) is 45.0 Å². The van der Waals surface area contributed by atoms with Gasteiger partial charge >= 0.3 is 0 Å². The van der Waals surface area contributed by atoms with Crippen LogP contribution in [0.3, 0.4) is 0 Å². The number of rotatable bonds is 6. The molecule has 1 unspecified atom stereocenters. The van der Waals surface area contributed by atoms with Crippen LogP contribution in [0.25, 0.3) is 0 Å². The van der Waals surface area contributed by atoms with Gasteiger partial charge in [-0.1, -0.05) is 31.9 Å². The van der Waals surface area contributed by atoms with E-state index in [0.717, 1.165) is 5.56 Å². The van der Waals surface area contributed by atoms with Crippen molar-refractivity contribution in [3.63, 3.8) is 0 Å². The quantitative estimate of drug-likeness (QED) is 0.831. The van der Waals surface area contributed by atoms with Gasteiger partial charge in [0.05, 0.1) is 6.04 Å². The van der Waals surface area contributed by atoms with Crippen LogP contribution < -0.4 is 10.1 Å². The molecule has 0 fully saturated rings. The maximum Gasteiger partial charge on any atom is 0.274 e. The van der Waals surface area contributed by atoms with Crippen LogP contribution in [0.2, 0.25) is 0 Å². The van der Waals surface area contributed by atoms with Crippen molar-refractivity contribution in [1.82, 2.24) is 10.3 Å². The molecule has 1 N–H and O–H groups in total. The fraction of sp³-hybridized carbons (Fsp3) is 0.333. The molecule has 0 aliphatic heterocycles. The van der Waals surface area contributed by atoms with Gasteiger partial charge in [0.25, 0.3) is 5.91 Å². The lowest BCUT2D eigenvalue weighted by atomic mass is 10.1. The molecule has 2 rings (SSSR count). The van der Waals surface area contributed by atoms with E-state index in [2.05, 4.69) is 16.2 Å². The number of aromatic nitrogens is 1. The molecule has 0 bridgehead atoms. The standard InChI is InChI=1S/C18H20N2O3/c1-5-9-22-15-8-6-7-14(10-15)13(4)20-18(21)16-17(12(2)3)23-11-19-16/h1,6-8,10-13H,9H2,2-4H3,(H,20,21). The summed E-state index contributed by atoms with van der Waals surface area (Å²) in [7, 11) is 0. The molecule has 0 aliphatic rings. The predicted octanol–water partition coefficient (Wildman–Crippen LogP) is 3.30. The van der Waals surface area contributed by atoms with E-state index in [1.165, 1.54) is 6.39 Å². The Bertz CT molecular complexity index is 713. The largest absolute Gasteiger partial charge is 0.481 e. The number of benzene rings is 1. The van der Waals surface area contributed by atoms with Gasteiger partial charge in [0.1, 0.15) is 18.1 Å². The fourth-order valence-electron chi connectivity index (χ4n) is 2.18. The summed E-state index contributed by atoms with van der Waals surface area (Å²) >= 11 is 0. The Morgan fingerprint density at radius 1 is 1.43 bits per heavy atom. The lowest BCUT2D eigenvalue weighted by Crippen LogP contribution is -2.27. The Hall–Kier alpha value is -2.74. The van der Waals surface area contributed by atoms with Crippen LogP contribution in [0.1, 0.15) is 54.5 Å². The minimum atomic E-state index is -0.259. The maximum absolute atomic E-state index is 12.4. The zero-order valence-corrected chi connectivity index (χ0v) is 13.5. The Kier molecular flexibility index (Phi) is 5.42. The Morgan fingerprint density at radius 3 is 2.91 bits per heavy atom. The number of carbonyl (C=O) groups is 1. The van der Waals surface area contributed by atoms with Crippen molar-refractivity contribution in [2.75, 3.05) is 6.61 Å². The highest BCUT2D eigenvalue weighted by Gasteiger charge is 2.21. The third kappa shape index (κ3) is 4.13. The molecular formula is C18H20N2O3. The van der Waals surface area contributed by atoms with Crippen LogP contribution in [0.5, 0.6) is 5.75 Å². The van der Waals surface area contributed by atoms with Crippen LogP contribution in [0.4, 0.5) is 0 Å². The topological polar surface area (TPSA) is 64.4 Å². The lowest BCUT2D eigenvalue weighted by Gasteiger charge is -2.15. The molecule has 1 aromatic carbocycles. The Balaban J connectivity index is 2.09. The number of nitrogens with zero attached hydrogens (tertiary/aromatic N) is 1. The van der Waals surface area contributed by atoms with Crippen molar-refractivity contribution in [2.24, 2.45) is 0 Å². The first-order valence-corrected chi connectivity index (χ1v) is 7.43. The van der Waals surface area contributed by atoms with E-state index in [0.29, 0.717) is 17.2 Å². The second kappa shape index (κ2) is 7.50. The molecule has 0 saturated heterocycles. The van der Waals surface area contributed by atoms with Crippen molar-refractivity contribution in [3.8, 4) is 18.1 Å². The molecule has 1 atom stereocenters. The number of terminal acetylenes is 1. The third-order valence-electron chi connectivity index (χ3n) is 3.36. The van der Waals surface area contributed by atoms with E-state index in [1.54, 1.807) is 0 Å². The Labute approximate surface area is 136 Å². The lowest BCUT2D eigenvalue weighted by molar-refractivity contribution is 0.0933. The molecule has 0 aliphatic carbocycles. The molecule has 23 heavy (non-hydrogen) atoms. The van der Waals surface area contributed by atoms with E-state index in [-0.39, 0.29) is 24.5 Å². The van der Waals surface area contributed by atoms with Crippen LogP contribution in [-0.2, 0) is 0 Å². The fourth-order valence-corrected chi connectivity index (χ4v) is 2.18. The molecule has 1 heterocycles. The minimum absolute atomic E-state index is 0.0917. The van der Waals surface area contributed by atoms with Gasteiger partial charge in [-0.05, 0) is 24.6 Å². The maximum atomic E-state index is 12.4. The molecule has 0 saturated carbocycles. The van der Waals surface area contributed by atoms with Crippen molar-refractivity contribution in [1.29, 1.82) is 0 Å². The van der Waals surface area contributed by atoms with Gasteiger partial charge in [0.2, 0.25) is 0 Å².